The Labute approximate surface area is 186 Å². The maximum Gasteiger partial charge on any atom is 0.232 e. The molecule has 0 saturated heterocycles. The summed E-state index contributed by atoms with van der Waals surface area (Å²) in [5, 5.41) is 6.81. The molecule has 0 aliphatic carbocycles. The number of carbonyl (C=O) groups is 1. The molecule has 0 radical (unpaired) electrons. The van der Waals surface area contributed by atoms with Crippen LogP contribution in [0.5, 0.6) is 0 Å². The van der Waals surface area contributed by atoms with Gasteiger partial charge in [-0.1, -0.05) is 35.9 Å². The molecule has 0 bridgehead atoms. The van der Waals surface area contributed by atoms with Crippen LogP contribution >= 0.6 is 11.6 Å². The van der Waals surface area contributed by atoms with Crippen LogP contribution in [-0.4, -0.2) is 33.9 Å². The molecule has 0 unspecified atom stereocenters. The van der Waals surface area contributed by atoms with Crippen molar-refractivity contribution in [3.8, 4) is 0 Å². The van der Waals surface area contributed by atoms with Crippen LogP contribution < -0.4 is 15.5 Å². The first-order chi connectivity index (χ1) is 15.0. The van der Waals surface area contributed by atoms with Crippen molar-refractivity contribution in [2.75, 3.05) is 28.6 Å². The second kappa shape index (κ2) is 9.14. The highest BCUT2D eigenvalue weighted by molar-refractivity contribution is 6.30. The van der Waals surface area contributed by atoms with Crippen LogP contribution in [0.3, 0.4) is 0 Å². The molecule has 8 heteroatoms. The van der Waals surface area contributed by atoms with Crippen molar-refractivity contribution in [1.29, 1.82) is 0 Å². The number of nitrogens with one attached hydrogen (secondary N) is 2. The Morgan fingerprint density at radius 2 is 1.87 bits per heavy atom. The Hall–Kier alpha value is -3.45. The highest BCUT2D eigenvalue weighted by Crippen LogP contribution is 2.27. The van der Waals surface area contributed by atoms with E-state index in [9.17, 15) is 4.79 Å². The number of carbonyl (C=O) groups excluding carboxylic acids is 1. The SMILES string of the molecule is CC(=O)Nc1cccc(Nc2ncnc(N3CC=C(c4ccc(Cl)cc4)CC3)n2)c1C. The van der Waals surface area contributed by atoms with Gasteiger partial charge in [0.2, 0.25) is 17.8 Å². The van der Waals surface area contributed by atoms with E-state index in [1.54, 1.807) is 0 Å². The van der Waals surface area contributed by atoms with Gasteiger partial charge in [0.15, 0.2) is 0 Å². The van der Waals surface area contributed by atoms with Gasteiger partial charge in [0.05, 0.1) is 0 Å². The lowest BCUT2D eigenvalue weighted by atomic mass is 10.00. The fraction of sp³-hybridized carbons (Fsp3) is 0.217. The third-order valence-electron chi connectivity index (χ3n) is 5.16. The molecule has 1 aliphatic rings. The van der Waals surface area contributed by atoms with E-state index < -0.39 is 0 Å². The van der Waals surface area contributed by atoms with Crippen LogP contribution in [0.15, 0.2) is 54.9 Å². The second-order valence-corrected chi connectivity index (χ2v) is 7.76. The minimum atomic E-state index is -0.112. The molecule has 2 aromatic carbocycles. The van der Waals surface area contributed by atoms with Crippen LogP contribution in [0.4, 0.5) is 23.3 Å². The Bertz CT molecular complexity index is 1130. The minimum absolute atomic E-state index is 0.112. The quantitative estimate of drug-likeness (QED) is 0.598. The van der Waals surface area contributed by atoms with E-state index in [-0.39, 0.29) is 5.91 Å². The molecule has 158 valence electrons. The summed E-state index contributed by atoms with van der Waals surface area (Å²) < 4.78 is 0. The molecular formula is C23H23ClN6O. The summed E-state index contributed by atoms with van der Waals surface area (Å²) >= 11 is 5.99. The Balaban J connectivity index is 1.48. The third kappa shape index (κ3) is 5.00. The zero-order chi connectivity index (χ0) is 21.8. The predicted octanol–water partition coefficient (Wildman–Crippen LogP) is 4.83. The molecule has 4 rings (SSSR count). The molecule has 3 aromatic rings. The minimum Gasteiger partial charge on any atom is -0.337 e. The molecule has 31 heavy (non-hydrogen) atoms. The lowest BCUT2D eigenvalue weighted by Crippen LogP contribution is -2.30. The van der Waals surface area contributed by atoms with Crippen molar-refractivity contribution in [2.24, 2.45) is 0 Å². The first-order valence-corrected chi connectivity index (χ1v) is 10.4. The summed E-state index contributed by atoms with van der Waals surface area (Å²) in [4.78, 5) is 26.7. The van der Waals surface area contributed by atoms with Gasteiger partial charge in [-0.15, -0.1) is 0 Å². The van der Waals surface area contributed by atoms with Crippen molar-refractivity contribution in [1.82, 2.24) is 15.0 Å². The van der Waals surface area contributed by atoms with E-state index in [0.29, 0.717) is 11.9 Å². The molecule has 1 aromatic heterocycles. The maximum atomic E-state index is 11.4. The van der Waals surface area contributed by atoms with E-state index in [0.717, 1.165) is 41.5 Å². The molecule has 0 saturated carbocycles. The van der Waals surface area contributed by atoms with Gasteiger partial charge in [-0.25, -0.2) is 9.97 Å². The average Bonchev–Trinajstić information content (AvgIpc) is 2.77. The standard InChI is InChI=1S/C23H23ClN6O/c1-15-20(27-16(2)31)4-3-5-21(15)28-22-25-14-26-23(29-22)30-12-10-18(11-13-30)17-6-8-19(24)9-7-17/h3-10,14H,11-13H2,1-2H3,(H,27,31)(H,25,26,28,29). The number of nitrogens with zero attached hydrogens (tertiary/aromatic N) is 4. The van der Waals surface area contributed by atoms with Crippen LogP contribution in [0.1, 0.15) is 24.5 Å². The molecule has 2 N–H and O–H groups in total. The smallest absolute Gasteiger partial charge is 0.232 e. The largest absolute Gasteiger partial charge is 0.337 e. The molecular weight excluding hydrogens is 412 g/mol. The first-order valence-electron chi connectivity index (χ1n) is 10.0. The number of benzene rings is 2. The Kier molecular flexibility index (Phi) is 6.13. The number of hydrogen-bond acceptors (Lipinski definition) is 6. The number of rotatable bonds is 5. The Morgan fingerprint density at radius 1 is 1.10 bits per heavy atom. The van der Waals surface area contributed by atoms with Crippen LogP contribution in [0.25, 0.3) is 5.57 Å². The second-order valence-electron chi connectivity index (χ2n) is 7.33. The fourth-order valence-electron chi connectivity index (χ4n) is 3.49. The van der Waals surface area contributed by atoms with Gasteiger partial charge in [-0.2, -0.15) is 4.98 Å². The molecule has 0 fully saturated rings. The lowest BCUT2D eigenvalue weighted by molar-refractivity contribution is -0.114. The van der Waals surface area contributed by atoms with Crippen LogP contribution in [0, 0.1) is 6.92 Å². The fourth-order valence-corrected chi connectivity index (χ4v) is 3.62. The number of amides is 1. The van der Waals surface area contributed by atoms with Gasteiger partial charge in [0.25, 0.3) is 0 Å². The zero-order valence-corrected chi connectivity index (χ0v) is 18.1. The lowest BCUT2D eigenvalue weighted by Gasteiger charge is -2.26. The van der Waals surface area contributed by atoms with Crippen molar-refractivity contribution >= 4 is 46.4 Å². The third-order valence-corrected chi connectivity index (χ3v) is 5.41. The average molecular weight is 435 g/mol. The summed E-state index contributed by atoms with van der Waals surface area (Å²) in [6, 6.07) is 13.6. The van der Waals surface area contributed by atoms with Gasteiger partial charge in [0, 0.05) is 36.4 Å². The highest BCUT2D eigenvalue weighted by atomic mass is 35.5. The van der Waals surface area contributed by atoms with E-state index in [1.165, 1.54) is 24.4 Å². The van der Waals surface area contributed by atoms with Gasteiger partial charge >= 0.3 is 0 Å². The summed E-state index contributed by atoms with van der Waals surface area (Å²) in [5.41, 5.74) is 4.98. The van der Waals surface area contributed by atoms with E-state index in [2.05, 4.69) is 36.6 Å². The highest BCUT2D eigenvalue weighted by Gasteiger charge is 2.16. The van der Waals surface area contributed by atoms with Crippen LogP contribution in [0.2, 0.25) is 5.02 Å². The monoisotopic (exact) mass is 434 g/mol. The normalized spacial score (nSPS) is 13.5. The summed E-state index contributed by atoms with van der Waals surface area (Å²) in [6.07, 6.45) is 4.61. The van der Waals surface area contributed by atoms with Gasteiger partial charge in [-0.3, -0.25) is 4.79 Å². The number of hydrogen-bond donors (Lipinski definition) is 2. The van der Waals surface area contributed by atoms with Crippen molar-refractivity contribution < 1.29 is 4.79 Å². The molecule has 7 nitrogen and oxygen atoms in total. The summed E-state index contributed by atoms with van der Waals surface area (Å²) in [7, 11) is 0. The number of halogens is 1. The van der Waals surface area contributed by atoms with E-state index in [1.807, 2.05) is 49.4 Å². The number of aromatic nitrogens is 3. The van der Waals surface area contributed by atoms with Gasteiger partial charge in [-0.05, 0) is 54.3 Å². The molecule has 2 heterocycles. The van der Waals surface area contributed by atoms with Gasteiger partial charge < -0.3 is 15.5 Å². The Morgan fingerprint density at radius 3 is 2.58 bits per heavy atom. The molecule has 0 atom stereocenters. The van der Waals surface area contributed by atoms with Crippen molar-refractivity contribution in [3.05, 3.63) is 71.0 Å². The zero-order valence-electron chi connectivity index (χ0n) is 17.4. The maximum absolute atomic E-state index is 11.4. The molecule has 1 aliphatic heterocycles. The van der Waals surface area contributed by atoms with Crippen molar-refractivity contribution in [2.45, 2.75) is 20.3 Å². The molecule has 1 amide bonds. The summed E-state index contributed by atoms with van der Waals surface area (Å²) in [5.74, 6) is 0.971. The van der Waals surface area contributed by atoms with E-state index >= 15 is 0 Å². The predicted molar refractivity (Wildman–Crippen MR) is 125 cm³/mol. The first kappa shape index (κ1) is 20.8. The topological polar surface area (TPSA) is 83.0 Å². The summed E-state index contributed by atoms with van der Waals surface area (Å²) in [6.45, 7) is 4.96. The van der Waals surface area contributed by atoms with Crippen LogP contribution in [-0.2, 0) is 4.79 Å². The van der Waals surface area contributed by atoms with Gasteiger partial charge in [0.1, 0.15) is 6.33 Å². The van der Waals surface area contributed by atoms with E-state index in [4.69, 9.17) is 11.6 Å². The number of anilines is 4. The molecule has 0 spiro atoms. The van der Waals surface area contributed by atoms with Crippen molar-refractivity contribution in [3.63, 3.8) is 0 Å².